The predicted molar refractivity (Wildman–Crippen MR) is 83.2 cm³/mol. The minimum atomic E-state index is -3.70. The molecule has 2 aromatic rings. The molecule has 1 aromatic carbocycles. The van der Waals surface area contributed by atoms with E-state index >= 15 is 0 Å². The van der Waals surface area contributed by atoms with Crippen molar-refractivity contribution in [3.8, 4) is 0 Å². The summed E-state index contributed by atoms with van der Waals surface area (Å²) in [7, 11) is -1.88. The highest BCUT2D eigenvalue weighted by Crippen LogP contribution is 2.27. The van der Waals surface area contributed by atoms with E-state index in [-0.39, 0.29) is 4.90 Å². The highest BCUT2D eigenvalue weighted by Gasteiger charge is 2.19. The summed E-state index contributed by atoms with van der Waals surface area (Å²) in [5.41, 5.74) is 1.15. The zero-order valence-electron chi connectivity index (χ0n) is 11.8. The maximum absolute atomic E-state index is 12.4. The number of likely N-dealkylation sites (N-methyl/N-ethyl adjacent to an activating group) is 1. The Kier molecular flexibility index (Phi) is 4.87. The van der Waals surface area contributed by atoms with Crippen molar-refractivity contribution in [3.05, 3.63) is 41.2 Å². The van der Waals surface area contributed by atoms with Gasteiger partial charge < -0.3 is 5.32 Å². The summed E-state index contributed by atoms with van der Waals surface area (Å²) in [6.07, 6.45) is 2.82. The molecule has 1 heterocycles. The first-order valence-electron chi connectivity index (χ1n) is 6.39. The molecule has 8 heteroatoms. The number of anilines is 1. The minimum Gasteiger partial charge on any atom is -0.318 e. The van der Waals surface area contributed by atoms with Crippen LogP contribution in [0.1, 0.15) is 5.56 Å². The van der Waals surface area contributed by atoms with Crippen LogP contribution < -0.4 is 10.0 Å². The third-order valence-electron chi connectivity index (χ3n) is 2.97. The van der Waals surface area contributed by atoms with Gasteiger partial charge in [-0.3, -0.25) is 9.40 Å². The molecular formula is C13H17ClN4O2S. The van der Waals surface area contributed by atoms with E-state index in [1.54, 1.807) is 29.8 Å². The number of hydrogen-bond donors (Lipinski definition) is 2. The van der Waals surface area contributed by atoms with E-state index in [1.165, 1.54) is 12.4 Å². The van der Waals surface area contributed by atoms with Crippen molar-refractivity contribution in [3.63, 3.8) is 0 Å². The molecule has 0 unspecified atom stereocenters. The van der Waals surface area contributed by atoms with E-state index in [2.05, 4.69) is 15.1 Å². The molecule has 0 bridgehead atoms. The normalized spacial score (nSPS) is 11.6. The van der Waals surface area contributed by atoms with Crippen molar-refractivity contribution in [2.45, 2.75) is 18.4 Å². The first-order valence-corrected chi connectivity index (χ1v) is 8.25. The van der Waals surface area contributed by atoms with Gasteiger partial charge in [-0.25, -0.2) is 8.42 Å². The van der Waals surface area contributed by atoms with Crippen molar-refractivity contribution in [1.29, 1.82) is 0 Å². The number of aromatic nitrogens is 2. The highest BCUT2D eigenvalue weighted by molar-refractivity contribution is 7.92. The Morgan fingerprint density at radius 2 is 2.14 bits per heavy atom. The fraction of sp³-hybridized carbons (Fsp3) is 0.308. The maximum Gasteiger partial charge on any atom is 0.265 e. The Labute approximate surface area is 129 Å². The van der Waals surface area contributed by atoms with Crippen LogP contribution in [-0.2, 0) is 16.6 Å². The van der Waals surface area contributed by atoms with Crippen LogP contribution in [0.2, 0.25) is 5.02 Å². The molecule has 2 N–H and O–H groups in total. The van der Waals surface area contributed by atoms with E-state index in [4.69, 9.17) is 11.6 Å². The van der Waals surface area contributed by atoms with Crippen molar-refractivity contribution in [2.75, 3.05) is 18.3 Å². The molecule has 0 atom stereocenters. The van der Waals surface area contributed by atoms with E-state index < -0.39 is 10.0 Å². The summed E-state index contributed by atoms with van der Waals surface area (Å²) < 4.78 is 28.8. The maximum atomic E-state index is 12.4. The minimum absolute atomic E-state index is 0.109. The number of nitrogens with one attached hydrogen (secondary N) is 2. The van der Waals surface area contributed by atoms with Gasteiger partial charge in [-0.15, -0.1) is 0 Å². The Bertz CT molecular complexity index is 707. The average molecular weight is 329 g/mol. The Morgan fingerprint density at radius 1 is 1.38 bits per heavy atom. The van der Waals surface area contributed by atoms with E-state index in [1.807, 2.05) is 7.05 Å². The van der Waals surface area contributed by atoms with Gasteiger partial charge in [-0.2, -0.15) is 5.10 Å². The van der Waals surface area contributed by atoms with Crippen LogP contribution in [0.15, 0.2) is 35.5 Å². The molecule has 6 nitrogen and oxygen atoms in total. The Hall–Kier alpha value is -1.57. The second-order valence-corrected chi connectivity index (χ2v) is 6.67. The van der Waals surface area contributed by atoms with Gasteiger partial charge in [0.15, 0.2) is 0 Å². The summed E-state index contributed by atoms with van der Waals surface area (Å²) >= 11 is 6.04. The lowest BCUT2D eigenvalue weighted by Crippen LogP contribution is -2.16. The fourth-order valence-corrected chi connectivity index (χ4v) is 3.22. The molecule has 0 amide bonds. The number of benzene rings is 1. The summed E-state index contributed by atoms with van der Waals surface area (Å²) in [4.78, 5) is 0.109. The van der Waals surface area contributed by atoms with Gasteiger partial charge in [0.1, 0.15) is 4.90 Å². The van der Waals surface area contributed by atoms with Gasteiger partial charge in [-0.1, -0.05) is 23.7 Å². The number of sulfonamides is 1. The molecule has 21 heavy (non-hydrogen) atoms. The van der Waals surface area contributed by atoms with Crippen LogP contribution in [0.25, 0.3) is 0 Å². The summed E-state index contributed by atoms with van der Waals surface area (Å²) in [6.45, 7) is 3.09. The van der Waals surface area contributed by atoms with E-state index in [0.29, 0.717) is 23.8 Å². The molecule has 0 saturated heterocycles. The fourth-order valence-electron chi connectivity index (χ4n) is 1.79. The molecule has 0 aliphatic heterocycles. The molecule has 0 radical (unpaired) electrons. The van der Waals surface area contributed by atoms with Crippen molar-refractivity contribution in [2.24, 2.45) is 0 Å². The molecule has 0 saturated carbocycles. The smallest absolute Gasteiger partial charge is 0.265 e. The van der Waals surface area contributed by atoms with Crippen molar-refractivity contribution in [1.82, 2.24) is 15.1 Å². The Balaban J connectivity index is 2.24. The first-order chi connectivity index (χ1) is 9.94. The van der Waals surface area contributed by atoms with Gasteiger partial charge in [-0.05, 0) is 25.6 Å². The molecular weight excluding hydrogens is 312 g/mol. The molecule has 0 spiro atoms. The number of rotatable bonds is 6. The lowest BCUT2D eigenvalue weighted by molar-refractivity contribution is 0.582. The van der Waals surface area contributed by atoms with Crippen LogP contribution in [-0.4, -0.2) is 31.8 Å². The number of hydrogen-bond acceptors (Lipinski definition) is 4. The lowest BCUT2D eigenvalue weighted by atomic mass is 10.2. The van der Waals surface area contributed by atoms with Gasteiger partial charge in [0.25, 0.3) is 10.0 Å². The second kappa shape index (κ2) is 6.46. The highest BCUT2D eigenvalue weighted by atomic mass is 35.5. The summed E-state index contributed by atoms with van der Waals surface area (Å²) in [5.74, 6) is 0. The first kappa shape index (κ1) is 15.8. The van der Waals surface area contributed by atoms with E-state index in [0.717, 1.165) is 5.56 Å². The molecule has 114 valence electrons. The molecule has 2 rings (SSSR count). The lowest BCUT2D eigenvalue weighted by Gasteiger charge is -2.10. The van der Waals surface area contributed by atoms with Crippen molar-refractivity contribution >= 4 is 27.3 Å². The van der Waals surface area contributed by atoms with Crippen molar-refractivity contribution < 1.29 is 8.42 Å². The quantitative estimate of drug-likeness (QED) is 0.848. The van der Waals surface area contributed by atoms with Gasteiger partial charge in [0, 0.05) is 12.7 Å². The molecule has 0 fully saturated rings. The summed E-state index contributed by atoms with van der Waals surface area (Å²) in [6, 6.07) is 5.20. The number of aryl methyl sites for hydroxylation is 1. The molecule has 0 aliphatic carbocycles. The SMILES string of the molecule is CNCCn1cc(S(=O)(=O)Nc2c(C)cccc2Cl)cn1. The van der Waals surface area contributed by atoms with Crippen LogP contribution >= 0.6 is 11.6 Å². The van der Waals surface area contributed by atoms with Crippen LogP contribution in [0, 0.1) is 6.92 Å². The number of halogens is 1. The molecule has 1 aromatic heterocycles. The van der Waals surface area contributed by atoms with Gasteiger partial charge >= 0.3 is 0 Å². The van der Waals surface area contributed by atoms with Crippen LogP contribution in [0.3, 0.4) is 0 Å². The predicted octanol–water partition coefficient (Wildman–Crippen LogP) is 1.87. The number of para-hydroxylation sites is 1. The second-order valence-electron chi connectivity index (χ2n) is 4.58. The van der Waals surface area contributed by atoms with Gasteiger partial charge in [0.05, 0.1) is 23.5 Å². The number of nitrogens with zero attached hydrogens (tertiary/aromatic N) is 2. The zero-order valence-corrected chi connectivity index (χ0v) is 13.4. The van der Waals surface area contributed by atoms with Crippen LogP contribution in [0.5, 0.6) is 0 Å². The molecule has 0 aliphatic rings. The topological polar surface area (TPSA) is 76.0 Å². The average Bonchev–Trinajstić information content (AvgIpc) is 2.90. The van der Waals surface area contributed by atoms with Crippen LogP contribution in [0.4, 0.5) is 5.69 Å². The largest absolute Gasteiger partial charge is 0.318 e. The third kappa shape index (κ3) is 3.75. The zero-order chi connectivity index (χ0) is 15.5. The third-order valence-corrected chi connectivity index (χ3v) is 4.59. The standard InChI is InChI=1S/C13H17ClN4O2S/c1-10-4-3-5-12(14)13(10)17-21(19,20)11-8-16-18(9-11)7-6-15-2/h3-5,8-9,15,17H,6-7H2,1-2H3. The monoisotopic (exact) mass is 328 g/mol. The Morgan fingerprint density at radius 3 is 2.81 bits per heavy atom. The van der Waals surface area contributed by atoms with Gasteiger partial charge in [0.2, 0.25) is 0 Å². The summed E-state index contributed by atoms with van der Waals surface area (Å²) in [5, 5.41) is 7.37. The van der Waals surface area contributed by atoms with E-state index in [9.17, 15) is 8.42 Å².